The second-order valence-corrected chi connectivity index (χ2v) is 15.4. The molecule has 2 rings (SSSR count). The molecule has 1 heterocycles. The van der Waals surface area contributed by atoms with Gasteiger partial charge in [0.1, 0.15) is 18.8 Å². The number of Topliss-reactive ketones (excluding diaryl/α,β-unsaturated/α-hetero) is 1. The Kier molecular flexibility index (Phi) is 27.4. The number of ketones is 1. The van der Waals surface area contributed by atoms with E-state index < -0.39 is 18.1 Å². The molecular weight excluding hydrogens is 750 g/mol. The second kappa shape index (κ2) is 31.0. The summed E-state index contributed by atoms with van der Waals surface area (Å²) in [4.78, 5) is 51.1. The second-order valence-electron chi connectivity index (χ2n) is 15.4. The van der Waals surface area contributed by atoms with Gasteiger partial charge in [0.15, 0.2) is 5.78 Å². The third-order valence-corrected chi connectivity index (χ3v) is 9.88. The maximum Gasteiger partial charge on any atom is 0.246 e. The quantitative estimate of drug-likeness (QED) is 0.0526. The minimum absolute atomic E-state index is 0.0544. The Hall–Kier alpha value is -2.90. The van der Waals surface area contributed by atoms with Gasteiger partial charge in [0, 0.05) is 19.1 Å². The molecule has 0 aromatic carbocycles. The van der Waals surface area contributed by atoms with E-state index in [4.69, 9.17) is 28.4 Å². The molecule has 0 radical (unpaired) electrons. The molecule has 0 aromatic heterocycles. The Morgan fingerprint density at radius 1 is 0.776 bits per heavy atom. The van der Waals surface area contributed by atoms with Crippen LogP contribution < -0.4 is 32.2 Å². The minimum atomic E-state index is -0.771. The number of carbonyl (C=O) groups is 4. The highest BCUT2D eigenvalue weighted by molar-refractivity contribution is 5.94. The number of hydrogen-bond donors (Lipinski definition) is 6. The standard InChI is InChI=1S/C41H77N7O10/c1-8-19-53-21-23-55-25-27-57-28-26-56-24-22-54-20-18-48-34-15-10-9-11-16-35(38(34)46-47-48)58-29-36(49)43-17-13-12-14-33(42-7)40(51)45-37(30(2)3)41(52)44-32(6)39(50)31(4)5/h30-33,35,37,42,46-47H,8-29H2,1-7H3,(H,43,49)(H,44,52)(H,45,51)/t32-,33+,35?,37-/m0/s1. The van der Waals surface area contributed by atoms with Gasteiger partial charge in [0.25, 0.3) is 0 Å². The first-order chi connectivity index (χ1) is 28.0. The van der Waals surface area contributed by atoms with Crippen molar-refractivity contribution in [2.24, 2.45) is 11.8 Å². The van der Waals surface area contributed by atoms with Crippen LogP contribution in [-0.4, -0.2) is 146 Å². The molecule has 6 N–H and O–H groups in total. The lowest BCUT2D eigenvalue weighted by atomic mass is 9.99. The highest BCUT2D eigenvalue weighted by Gasteiger charge is 2.31. The Balaban J connectivity index is 1.64. The van der Waals surface area contributed by atoms with Crippen molar-refractivity contribution in [1.29, 1.82) is 0 Å². The predicted molar refractivity (Wildman–Crippen MR) is 221 cm³/mol. The van der Waals surface area contributed by atoms with Crippen LogP contribution in [0.25, 0.3) is 0 Å². The van der Waals surface area contributed by atoms with Gasteiger partial charge in [-0.1, -0.05) is 47.5 Å². The average molecular weight is 828 g/mol. The zero-order valence-corrected chi connectivity index (χ0v) is 36.6. The molecule has 0 saturated carbocycles. The van der Waals surface area contributed by atoms with E-state index in [1.54, 1.807) is 27.8 Å². The molecule has 2 aliphatic rings. The fourth-order valence-corrected chi connectivity index (χ4v) is 6.53. The number of carbonyl (C=O) groups excluding carboxylic acids is 4. The zero-order chi connectivity index (χ0) is 42.5. The topological polar surface area (TPSA) is 199 Å². The van der Waals surface area contributed by atoms with E-state index in [1.807, 2.05) is 13.8 Å². The van der Waals surface area contributed by atoms with Gasteiger partial charge in [-0.05, 0) is 64.8 Å². The summed E-state index contributed by atoms with van der Waals surface area (Å²) in [5.74, 6) is -1.29. The lowest BCUT2D eigenvalue weighted by molar-refractivity contribution is -0.133. The van der Waals surface area contributed by atoms with Gasteiger partial charge < -0.3 is 55.1 Å². The Morgan fingerprint density at radius 2 is 1.40 bits per heavy atom. The highest BCUT2D eigenvalue weighted by atomic mass is 16.6. The summed E-state index contributed by atoms with van der Waals surface area (Å²) in [5, 5.41) is 13.7. The number of likely N-dealkylation sites (N-methyl/N-ethyl adjacent to an activating group) is 1. The van der Waals surface area contributed by atoms with E-state index in [1.165, 1.54) is 0 Å². The van der Waals surface area contributed by atoms with Crippen molar-refractivity contribution >= 4 is 23.5 Å². The third-order valence-electron chi connectivity index (χ3n) is 9.88. The molecule has 17 nitrogen and oxygen atoms in total. The lowest BCUT2D eigenvalue weighted by Crippen LogP contribution is -2.56. The number of hydrazine groups is 2. The molecule has 0 bridgehead atoms. The molecule has 3 amide bonds. The van der Waals surface area contributed by atoms with E-state index in [0.717, 1.165) is 56.5 Å². The molecule has 4 atom stereocenters. The molecule has 1 unspecified atom stereocenters. The number of amides is 3. The van der Waals surface area contributed by atoms with Crippen molar-refractivity contribution in [1.82, 2.24) is 37.2 Å². The number of hydrogen-bond acceptors (Lipinski definition) is 14. The molecule has 1 aliphatic heterocycles. The predicted octanol–water partition coefficient (Wildman–Crippen LogP) is 2.11. The number of nitrogens with zero attached hydrogens (tertiary/aromatic N) is 1. The van der Waals surface area contributed by atoms with Crippen molar-refractivity contribution in [2.75, 3.05) is 92.8 Å². The van der Waals surface area contributed by atoms with Crippen LogP contribution in [0.4, 0.5) is 0 Å². The van der Waals surface area contributed by atoms with E-state index in [9.17, 15) is 19.2 Å². The van der Waals surface area contributed by atoms with E-state index >= 15 is 0 Å². The van der Waals surface area contributed by atoms with Crippen molar-refractivity contribution in [3.05, 3.63) is 11.4 Å². The van der Waals surface area contributed by atoms with Gasteiger partial charge in [-0.15, -0.1) is 5.53 Å². The average Bonchev–Trinajstić information content (AvgIpc) is 3.58. The van der Waals surface area contributed by atoms with E-state index in [2.05, 4.69) is 44.2 Å². The lowest BCUT2D eigenvalue weighted by Gasteiger charge is -2.26. The normalized spacial score (nSPS) is 17.3. The van der Waals surface area contributed by atoms with Gasteiger partial charge in [-0.3, -0.25) is 24.2 Å². The Morgan fingerprint density at radius 3 is 1.98 bits per heavy atom. The SMILES string of the molecule is CCCOCCOCCOCCOCCOCCN1NNC2=C1CCCCCC2OCC(=O)NCCCC[C@@H](NC)C(=O)N[C@H](C(=O)N[C@@H](C)C(=O)C(C)C)C(C)C. The summed E-state index contributed by atoms with van der Waals surface area (Å²) in [5.41, 5.74) is 8.65. The molecule has 0 fully saturated rings. The smallest absolute Gasteiger partial charge is 0.246 e. The van der Waals surface area contributed by atoms with Crippen molar-refractivity contribution < 1.29 is 47.6 Å². The minimum Gasteiger partial charge on any atom is -0.379 e. The van der Waals surface area contributed by atoms with Crippen molar-refractivity contribution in [3.8, 4) is 0 Å². The first-order valence-corrected chi connectivity index (χ1v) is 21.6. The number of nitrogens with one attached hydrogen (secondary N) is 6. The number of unbranched alkanes of at least 4 members (excludes halogenated alkanes) is 1. The van der Waals surface area contributed by atoms with Gasteiger partial charge in [-0.2, -0.15) is 0 Å². The summed E-state index contributed by atoms with van der Waals surface area (Å²) in [7, 11) is 1.71. The molecule has 17 heteroatoms. The van der Waals surface area contributed by atoms with Gasteiger partial charge in [0.2, 0.25) is 17.7 Å². The van der Waals surface area contributed by atoms with E-state index in [0.29, 0.717) is 91.8 Å². The van der Waals surface area contributed by atoms with Crippen LogP contribution >= 0.6 is 0 Å². The number of allylic oxidation sites excluding steroid dienone is 1. The first-order valence-electron chi connectivity index (χ1n) is 21.6. The first kappa shape index (κ1) is 51.2. The summed E-state index contributed by atoms with van der Waals surface area (Å²) in [6.45, 7) is 17.6. The van der Waals surface area contributed by atoms with Gasteiger partial charge in [0.05, 0.1) is 89.5 Å². The van der Waals surface area contributed by atoms with Crippen molar-refractivity contribution in [3.63, 3.8) is 0 Å². The molecule has 58 heavy (non-hydrogen) atoms. The van der Waals surface area contributed by atoms with Crippen LogP contribution in [0.5, 0.6) is 0 Å². The number of ether oxygens (including phenoxy) is 6. The third kappa shape index (κ3) is 20.9. The summed E-state index contributed by atoms with van der Waals surface area (Å²) >= 11 is 0. The van der Waals surface area contributed by atoms with Crippen LogP contribution in [0.3, 0.4) is 0 Å². The molecular formula is C41H77N7O10. The summed E-state index contributed by atoms with van der Waals surface area (Å²) in [6.07, 6.45) is 7.56. The summed E-state index contributed by atoms with van der Waals surface area (Å²) in [6, 6.07) is -1.92. The molecule has 336 valence electrons. The maximum atomic E-state index is 13.1. The molecule has 0 saturated heterocycles. The summed E-state index contributed by atoms with van der Waals surface area (Å²) < 4.78 is 33.9. The fraction of sp³-hybridized carbons (Fsp3) is 0.854. The molecule has 1 aliphatic carbocycles. The van der Waals surface area contributed by atoms with Gasteiger partial charge >= 0.3 is 0 Å². The van der Waals surface area contributed by atoms with Crippen molar-refractivity contribution in [2.45, 2.75) is 124 Å². The van der Waals surface area contributed by atoms with Crippen LogP contribution in [-0.2, 0) is 47.6 Å². The van der Waals surface area contributed by atoms with Crippen LogP contribution in [0.15, 0.2) is 11.4 Å². The number of rotatable bonds is 33. The Bertz CT molecular complexity index is 1210. The monoisotopic (exact) mass is 828 g/mol. The maximum absolute atomic E-state index is 13.1. The highest BCUT2D eigenvalue weighted by Crippen LogP contribution is 2.28. The largest absolute Gasteiger partial charge is 0.379 e. The molecule has 0 spiro atoms. The zero-order valence-electron chi connectivity index (χ0n) is 36.6. The van der Waals surface area contributed by atoms with E-state index in [-0.39, 0.29) is 48.1 Å². The van der Waals surface area contributed by atoms with Gasteiger partial charge in [-0.25, -0.2) is 0 Å². The van der Waals surface area contributed by atoms with Crippen LogP contribution in [0.1, 0.15) is 99.3 Å². The Labute approximate surface area is 347 Å². The molecule has 0 aromatic rings. The fourth-order valence-electron chi connectivity index (χ4n) is 6.53. The van der Waals surface area contributed by atoms with Crippen LogP contribution in [0, 0.1) is 11.8 Å². The van der Waals surface area contributed by atoms with Crippen LogP contribution in [0.2, 0.25) is 0 Å².